The summed E-state index contributed by atoms with van der Waals surface area (Å²) in [5.41, 5.74) is 0. The molecule has 0 N–H and O–H groups in total. The minimum absolute atomic E-state index is 0.852. The summed E-state index contributed by atoms with van der Waals surface area (Å²) in [6, 6.07) is 0. The minimum atomic E-state index is 0.852. The smallest absolute Gasteiger partial charge is 0.00826 e. The lowest BCUT2D eigenvalue weighted by atomic mass is 10.1. The molecule has 0 spiro atoms. The van der Waals surface area contributed by atoms with Gasteiger partial charge in [-0.2, -0.15) is 12.6 Å². The summed E-state index contributed by atoms with van der Waals surface area (Å²) in [4.78, 5) is 0. The second kappa shape index (κ2) is 13.8. The first kappa shape index (κ1) is 14.8. The first-order valence-corrected chi connectivity index (χ1v) is 6.96. The zero-order valence-electron chi connectivity index (χ0n) is 10.1. The molecule has 0 atom stereocenters. The Morgan fingerprint density at radius 2 is 1.47 bits per heavy atom. The molecule has 88 valence electrons. The highest BCUT2D eigenvalue weighted by Crippen LogP contribution is 2.07. The van der Waals surface area contributed by atoms with Crippen molar-refractivity contribution >= 4 is 12.6 Å². The van der Waals surface area contributed by atoms with Crippen molar-refractivity contribution in [2.24, 2.45) is 0 Å². The molecule has 0 heterocycles. The van der Waals surface area contributed by atoms with Crippen LogP contribution in [0.15, 0.2) is 24.3 Å². The molecule has 1 heteroatoms. The third kappa shape index (κ3) is 13.8. The van der Waals surface area contributed by atoms with Crippen LogP contribution in [0.1, 0.15) is 58.3 Å². The molecule has 0 radical (unpaired) electrons. The number of hydrogen-bond donors (Lipinski definition) is 1. The van der Waals surface area contributed by atoms with Gasteiger partial charge < -0.3 is 0 Å². The van der Waals surface area contributed by atoms with Crippen molar-refractivity contribution < 1.29 is 0 Å². The van der Waals surface area contributed by atoms with Crippen molar-refractivity contribution in [2.75, 3.05) is 5.75 Å². The second-order valence-electron chi connectivity index (χ2n) is 3.92. The molecule has 0 saturated carbocycles. The summed E-state index contributed by atoms with van der Waals surface area (Å²) >= 11 is 4.11. The fourth-order valence-electron chi connectivity index (χ4n) is 1.51. The molecule has 0 fully saturated rings. The van der Waals surface area contributed by atoms with E-state index >= 15 is 0 Å². The van der Waals surface area contributed by atoms with E-state index in [2.05, 4.69) is 43.9 Å². The van der Waals surface area contributed by atoms with Crippen LogP contribution in [-0.4, -0.2) is 5.75 Å². The van der Waals surface area contributed by atoms with Gasteiger partial charge in [0.2, 0.25) is 0 Å². The normalized spacial score (nSPS) is 11.9. The quantitative estimate of drug-likeness (QED) is 0.296. The maximum absolute atomic E-state index is 4.11. The molecule has 0 aromatic carbocycles. The van der Waals surface area contributed by atoms with Crippen LogP contribution in [0, 0.1) is 0 Å². The molecule has 15 heavy (non-hydrogen) atoms. The van der Waals surface area contributed by atoms with E-state index in [4.69, 9.17) is 0 Å². The van der Waals surface area contributed by atoms with Crippen LogP contribution in [0.3, 0.4) is 0 Å². The van der Waals surface area contributed by atoms with Crippen LogP contribution in [0.2, 0.25) is 0 Å². The van der Waals surface area contributed by atoms with Gasteiger partial charge in [0.1, 0.15) is 0 Å². The average Bonchev–Trinajstić information content (AvgIpc) is 2.26. The van der Waals surface area contributed by atoms with Crippen LogP contribution in [0.4, 0.5) is 0 Å². The van der Waals surface area contributed by atoms with Gasteiger partial charge in [0.25, 0.3) is 0 Å². The SMILES string of the molecule is CCCCCCCCC=CCC=CCS. The van der Waals surface area contributed by atoms with Crippen LogP contribution >= 0.6 is 12.6 Å². The lowest BCUT2D eigenvalue weighted by molar-refractivity contribution is 0.611. The zero-order chi connectivity index (χ0) is 11.2. The molecule has 0 rings (SSSR count). The van der Waals surface area contributed by atoms with Crippen molar-refractivity contribution in [3.63, 3.8) is 0 Å². The number of hydrogen-bond acceptors (Lipinski definition) is 1. The molecule has 0 aliphatic heterocycles. The summed E-state index contributed by atoms with van der Waals surface area (Å²) in [5.74, 6) is 0.852. The summed E-state index contributed by atoms with van der Waals surface area (Å²) in [7, 11) is 0. The predicted molar refractivity (Wildman–Crippen MR) is 74.7 cm³/mol. The maximum atomic E-state index is 4.11. The Bertz CT molecular complexity index is 159. The van der Waals surface area contributed by atoms with Gasteiger partial charge in [-0.05, 0) is 19.3 Å². The van der Waals surface area contributed by atoms with E-state index in [1.807, 2.05) is 0 Å². The van der Waals surface area contributed by atoms with Gasteiger partial charge in [0.05, 0.1) is 0 Å². The molecule has 0 aliphatic carbocycles. The van der Waals surface area contributed by atoms with E-state index in [1.165, 1.54) is 44.9 Å². The Balaban J connectivity index is 3.06. The number of allylic oxidation sites excluding steroid dienone is 3. The molecular weight excluding hydrogens is 200 g/mol. The van der Waals surface area contributed by atoms with E-state index < -0.39 is 0 Å². The largest absolute Gasteiger partial charge is 0.175 e. The third-order valence-electron chi connectivity index (χ3n) is 2.44. The first-order chi connectivity index (χ1) is 7.41. The molecule has 0 saturated heterocycles. The number of thiol groups is 1. The molecule has 0 aromatic rings. The molecule has 0 aliphatic rings. The lowest BCUT2D eigenvalue weighted by Gasteiger charge is -1.97. The van der Waals surface area contributed by atoms with Crippen molar-refractivity contribution in [3.05, 3.63) is 24.3 Å². The monoisotopic (exact) mass is 226 g/mol. The summed E-state index contributed by atoms with van der Waals surface area (Å²) in [6.45, 7) is 2.26. The first-order valence-electron chi connectivity index (χ1n) is 6.32. The highest BCUT2D eigenvalue weighted by molar-refractivity contribution is 7.80. The molecule has 0 unspecified atom stereocenters. The zero-order valence-corrected chi connectivity index (χ0v) is 11.0. The molecular formula is C14H26S. The highest BCUT2D eigenvalue weighted by atomic mass is 32.1. The van der Waals surface area contributed by atoms with Crippen LogP contribution in [0.5, 0.6) is 0 Å². The van der Waals surface area contributed by atoms with E-state index in [9.17, 15) is 0 Å². The Hall–Kier alpha value is -0.170. The minimum Gasteiger partial charge on any atom is -0.175 e. The Morgan fingerprint density at radius 3 is 2.20 bits per heavy atom. The van der Waals surface area contributed by atoms with Crippen molar-refractivity contribution in [2.45, 2.75) is 58.3 Å². The van der Waals surface area contributed by atoms with E-state index in [0.717, 1.165) is 12.2 Å². The second-order valence-corrected chi connectivity index (χ2v) is 4.28. The van der Waals surface area contributed by atoms with Crippen LogP contribution in [0.25, 0.3) is 0 Å². The maximum Gasteiger partial charge on any atom is 0.00826 e. The predicted octanol–water partition coefficient (Wildman–Crippen LogP) is 5.17. The molecule has 0 bridgehead atoms. The van der Waals surface area contributed by atoms with E-state index in [-0.39, 0.29) is 0 Å². The Labute approximate surface area is 101 Å². The summed E-state index contributed by atoms with van der Waals surface area (Å²) in [6.07, 6.45) is 19.5. The standard InChI is InChI=1S/C14H26S/c1-2-3-4-5-6-7-8-9-10-11-12-13-14-15/h9-10,12-13,15H,2-8,11,14H2,1H3. The van der Waals surface area contributed by atoms with Gasteiger partial charge in [-0.3, -0.25) is 0 Å². The third-order valence-corrected chi connectivity index (χ3v) is 2.65. The average molecular weight is 226 g/mol. The van der Waals surface area contributed by atoms with Crippen molar-refractivity contribution in [1.29, 1.82) is 0 Å². The molecule has 0 nitrogen and oxygen atoms in total. The number of rotatable bonds is 10. The number of unbranched alkanes of at least 4 members (excludes halogenated alkanes) is 6. The van der Waals surface area contributed by atoms with Gasteiger partial charge in [-0.25, -0.2) is 0 Å². The summed E-state index contributed by atoms with van der Waals surface area (Å²) in [5, 5.41) is 0. The fourth-order valence-corrected chi connectivity index (χ4v) is 1.65. The van der Waals surface area contributed by atoms with Crippen LogP contribution in [-0.2, 0) is 0 Å². The lowest BCUT2D eigenvalue weighted by Crippen LogP contribution is -1.77. The highest BCUT2D eigenvalue weighted by Gasteiger charge is 1.87. The van der Waals surface area contributed by atoms with Gasteiger partial charge in [-0.1, -0.05) is 63.3 Å². The molecule has 0 aromatic heterocycles. The topological polar surface area (TPSA) is 0 Å². The Kier molecular flexibility index (Phi) is 13.7. The van der Waals surface area contributed by atoms with Gasteiger partial charge in [0.15, 0.2) is 0 Å². The van der Waals surface area contributed by atoms with Gasteiger partial charge in [0, 0.05) is 5.75 Å². The van der Waals surface area contributed by atoms with Gasteiger partial charge >= 0.3 is 0 Å². The van der Waals surface area contributed by atoms with E-state index in [0.29, 0.717) is 0 Å². The Morgan fingerprint density at radius 1 is 0.800 bits per heavy atom. The van der Waals surface area contributed by atoms with Crippen molar-refractivity contribution in [1.82, 2.24) is 0 Å². The van der Waals surface area contributed by atoms with Crippen molar-refractivity contribution in [3.8, 4) is 0 Å². The molecule has 0 amide bonds. The van der Waals surface area contributed by atoms with Crippen LogP contribution < -0.4 is 0 Å². The van der Waals surface area contributed by atoms with E-state index in [1.54, 1.807) is 0 Å². The summed E-state index contributed by atoms with van der Waals surface area (Å²) < 4.78 is 0. The fraction of sp³-hybridized carbons (Fsp3) is 0.714. The van der Waals surface area contributed by atoms with Gasteiger partial charge in [-0.15, -0.1) is 0 Å².